The van der Waals surface area contributed by atoms with Gasteiger partial charge < -0.3 is 10.2 Å². The Labute approximate surface area is 152 Å². The Balaban J connectivity index is 1.69. The van der Waals surface area contributed by atoms with Gasteiger partial charge in [0.2, 0.25) is 16.0 Å². The molecule has 4 rings (SSSR count). The van der Waals surface area contributed by atoms with Crippen LogP contribution in [0.3, 0.4) is 0 Å². The molecule has 0 saturated carbocycles. The molecule has 2 aliphatic rings. The van der Waals surface area contributed by atoms with Gasteiger partial charge in [-0.25, -0.2) is 12.4 Å². The van der Waals surface area contributed by atoms with E-state index in [1.54, 1.807) is 18.2 Å². The topological polar surface area (TPSA) is 71.4 Å². The highest BCUT2D eigenvalue weighted by Gasteiger charge is 2.39. The maximum atomic E-state index is 14.9. The molecule has 2 aliphatic heterocycles. The molecule has 0 aliphatic carbocycles. The predicted molar refractivity (Wildman–Crippen MR) is 97.2 cm³/mol. The van der Waals surface area contributed by atoms with Gasteiger partial charge >= 0.3 is 0 Å². The first-order chi connectivity index (χ1) is 12.3. The van der Waals surface area contributed by atoms with Crippen LogP contribution >= 0.6 is 0 Å². The minimum absolute atomic E-state index is 0.0176. The van der Waals surface area contributed by atoms with Gasteiger partial charge in [0.05, 0.1) is 11.8 Å². The van der Waals surface area contributed by atoms with Gasteiger partial charge in [-0.05, 0) is 38.8 Å². The maximum Gasteiger partial charge on any atom is 0.256 e. The van der Waals surface area contributed by atoms with Crippen LogP contribution in [0.2, 0.25) is 0 Å². The van der Waals surface area contributed by atoms with E-state index in [2.05, 4.69) is 17.3 Å². The van der Waals surface area contributed by atoms with Crippen molar-refractivity contribution in [1.82, 2.24) is 14.2 Å². The number of benzene rings is 1. The molecule has 0 spiro atoms. The standard InChI is InChI=1S/C18H22FN3O3S/c1-21-12-7-8-13(21)10-11(9-12)20-18(23)16-14-5-3-4-6-15(14)22(17(16)19)26(2,24)25/h3-6,11-13H,7-10H2,1-2H3,(H,20,23). The van der Waals surface area contributed by atoms with Gasteiger partial charge in [-0.3, -0.25) is 4.79 Å². The summed E-state index contributed by atoms with van der Waals surface area (Å²) in [6.45, 7) is 0. The van der Waals surface area contributed by atoms with E-state index in [-0.39, 0.29) is 17.1 Å². The molecule has 2 unspecified atom stereocenters. The molecule has 2 saturated heterocycles. The van der Waals surface area contributed by atoms with Crippen LogP contribution in [-0.2, 0) is 10.0 Å². The van der Waals surface area contributed by atoms with Crippen molar-refractivity contribution in [2.75, 3.05) is 13.3 Å². The monoisotopic (exact) mass is 379 g/mol. The fourth-order valence-electron chi connectivity index (χ4n) is 4.51. The van der Waals surface area contributed by atoms with E-state index in [1.165, 1.54) is 6.07 Å². The number of halogens is 1. The Bertz CT molecular complexity index is 971. The molecule has 2 bridgehead atoms. The van der Waals surface area contributed by atoms with Crippen molar-refractivity contribution in [1.29, 1.82) is 0 Å². The number of piperidine rings is 1. The second kappa shape index (κ2) is 6.06. The van der Waals surface area contributed by atoms with E-state index >= 15 is 0 Å². The summed E-state index contributed by atoms with van der Waals surface area (Å²) < 4.78 is 39.6. The Morgan fingerprint density at radius 3 is 2.42 bits per heavy atom. The Morgan fingerprint density at radius 1 is 1.19 bits per heavy atom. The average Bonchev–Trinajstić information content (AvgIpc) is 2.95. The first-order valence-electron chi connectivity index (χ1n) is 8.79. The second-order valence-corrected chi connectivity index (χ2v) is 9.23. The van der Waals surface area contributed by atoms with Crippen LogP contribution in [0, 0.1) is 5.95 Å². The third kappa shape index (κ3) is 2.72. The SMILES string of the molecule is CN1C2CCC1CC(NC(=O)c1c(F)n(S(C)(=O)=O)c3ccccc13)C2. The summed E-state index contributed by atoms with van der Waals surface area (Å²) in [4.78, 5) is 15.2. The van der Waals surface area contributed by atoms with E-state index in [0.29, 0.717) is 21.4 Å². The minimum atomic E-state index is -3.87. The number of fused-ring (bicyclic) bond motifs is 3. The molecule has 0 radical (unpaired) electrons. The predicted octanol–water partition coefficient (Wildman–Crippen LogP) is 1.94. The number of rotatable bonds is 3. The Morgan fingerprint density at radius 2 is 1.81 bits per heavy atom. The zero-order valence-corrected chi connectivity index (χ0v) is 15.6. The van der Waals surface area contributed by atoms with Crippen LogP contribution < -0.4 is 5.32 Å². The summed E-state index contributed by atoms with van der Waals surface area (Å²) in [5.41, 5.74) is -0.0154. The van der Waals surface area contributed by atoms with Gasteiger partial charge in [-0.15, -0.1) is 0 Å². The van der Waals surface area contributed by atoms with Crippen LogP contribution in [0.1, 0.15) is 36.0 Å². The molecule has 140 valence electrons. The zero-order valence-electron chi connectivity index (χ0n) is 14.8. The number of para-hydroxylation sites is 1. The van der Waals surface area contributed by atoms with Crippen molar-refractivity contribution < 1.29 is 17.6 Å². The molecule has 2 atom stereocenters. The highest BCUT2D eigenvalue weighted by atomic mass is 32.2. The smallest absolute Gasteiger partial charge is 0.256 e. The van der Waals surface area contributed by atoms with Crippen LogP contribution in [0.15, 0.2) is 24.3 Å². The van der Waals surface area contributed by atoms with Gasteiger partial charge in [0.1, 0.15) is 5.56 Å². The molecule has 2 fully saturated rings. The summed E-state index contributed by atoms with van der Waals surface area (Å²) in [6, 6.07) is 7.25. The molecular formula is C18H22FN3O3S. The third-order valence-electron chi connectivity index (χ3n) is 5.77. The van der Waals surface area contributed by atoms with E-state index in [1.807, 2.05) is 0 Å². The third-order valence-corrected chi connectivity index (χ3v) is 6.79. The second-order valence-electron chi connectivity index (χ2n) is 7.40. The van der Waals surface area contributed by atoms with Crippen LogP contribution in [0.5, 0.6) is 0 Å². The van der Waals surface area contributed by atoms with Gasteiger partial charge in [0.15, 0.2) is 0 Å². The summed E-state index contributed by atoms with van der Waals surface area (Å²) in [5.74, 6) is -1.57. The average molecular weight is 379 g/mol. The van der Waals surface area contributed by atoms with Crippen LogP contribution in [0.25, 0.3) is 10.9 Å². The largest absolute Gasteiger partial charge is 0.349 e. The molecule has 26 heavy (non-hydrogen) atoms. The van der Waals surface area contributed by atoms with Crippen molar-refractivity contribution >= 4 is 26.8 Å². The van der Waals surface area contributed by atoms with E-state index < -0.39 is 21.9 Å². The molecule has 1 amide bonds. The lowest BCUT2D eigenvalue weighted by molar-refractivity contribution is 0.0880. The fourth-order valence-corrected chi connectivity index (χ4v) is 5.41. The molecule has 3 heterocycles. The minimum Gasteiger partial charge on any atom is -0.349 e. The number of amides is 1. The molecule has 8 heteroatoms. The maximum absolute atomic E-state index is 14.9. The first kappa shape index (κ1) is 17.5. The lowest BCUT2D eigenvalue weighted by Gasteiger charge is -2.36. The first-order valence-corrected chi connectivity index (χ1v) is 10.6. The molecule has 1 aromatic carbocycles. The van der Waals surface area contributed by atoms with Gasteiger partial charge in [-0.2, -0.15) is 4.39 Å². The molecule has 1 aromatic heterocycles. The number of nitrogens with zero attached hydrogens (tertiary/aromatic N) is 2. The van der Waals surface area contributed by atoms with Crippen LogP contribution in [-0.4, -0.2) is 54.6 Å². The number of nitrogens with one attached hydrogen (secondary N) is 1. The summed E-state index contributed by atoms with van der Waals surface area (Å²) in [6.07, 6.45) is 4.85. The highest BCUT2D eigenvalue weighted by molar-refractivity contribution is 7.89. The zero-order chi connectivity index (χ0) is 18.6. The summed E-state index contributed by atoms with van der Waals surface area (Å²) >= 11 is 0. The number of aromatic nitrogens is 1. The van der Waals surface area contributed by atoms with E-state index in [0.717, 1.165) is 31.9 Å². The van der Waals surface area contributed by atoms with E-state index in [9.17, 15) is 17.6 Å². The van der Waals surface area contributed by atoms with Crippen molar-refractivity contribution in [3.05, 3.63) is 35.8 Å². The number of hydrogen-bond acceptors (Lipinski definition) is 4. The van der Waals surface area contributed by atoms with Crippen molar-refractivity contribution in [2.24, 2.45) is 0 Å². The normalized spacial score (nSPS) is 26.3. The van der Waals surface area contributed by atoms with E-state index in [4.69, 9.17) is 0 Å². The lowest BCUT2D eigenvalue weighted by Crippen LogP contribution is -2.48. The molecule has 6 nitrogen and oxygen atoms in total. The van der Waals surface area contributed by atoms with Gasteiger partial charge in [-0.1, -0.05) is 18.2 Å². The fraction of sp³-hybridized carbons (Fsp3) is 0.500. The Kier molecular flexibility index (Phi) is 4.07. The van der Waals surface area contributed by atoms with Crippen molar-refractivity contribution in [3.8, 4) is 0 Å². The number of hydrogen-bond donors (Lipinski definition) is 1. The molecular weight excluding hydrogens is 357 g/mol. The number of carbonyl (C=O) groups excluding carboxylic acids is 1. The van der Waals surface area contributed by atoms with Crippen molar-refractivity contribution in [3.63, 3.8) is 0 Å². The van der Waals surface area contributed by atoms with Gasteiger partial charge in [0, 0.05) is 23.5 Å². The lowest BCUT2D eigenvalue weighted by atomic mass is 9.97. The highest BCUT2D eigenvalue weighted by Crippen LogP contribution is 2.34. The number of carbonyl (C=O) groups is 1. The molecule has 2 aromatic rings. The molecule has 1 N–H and O–H groups in total. The van der Waals surface area contributed by atoms with Gasteiger partial charge in [0.25, 0.3) is 5.91 Å². The quantitative estimate of drug-likeness (QED) is 0.885. The summed E-state index contributed by atoms with van der Waals surface area (Å²) in [5, 5.41) is 3.25. The summed E-state index contributed by atoms with van der Waals surface area (Å²) in [7, 11) is -1.75. The van der Waals surface area contributed by atoms with Crippen molar-refractivity contribution in [2.45, 2.75) is 43.8 Å². The Hall–Kier alpha value is -1.93. The van der Waals surface area contributed by atoms with Crippen LogP contribution in [0.4, 0.5) is 4.39 Å².